The Kier molecular flexibility index (Phi) is 6.87. The third-order valence-corrected chi connectivity index (χ3v) is 2.79. The molecule has 0 heterocycles. The van der Waals surface area contributed by atoms with Crippen LogP contribution >= 0.6 is 15.9 Å². The minimum absolute atomic E-state index is 0.113. The number of nitrogens with one attached hydrogen (secondary N) is 1. The fourth-order valence-corrected chi connectivity index (χ4v) is 1.71. The van der Waals surface area contributed by atoms with Gasteiger partial charge in [-0.1, -0.05) is 15.9 Å². The molecule has 0 fully saturated rings. The zero-order valence-corrected chi connectivity index (χ0v) is 13.2. The molecule has 0 saturated carbocycles. The third-order valence-electron chi connectivity index (χ3n) is 2.29. The van der Waals surface area contributed by atoms with Gasteiger partial charge in [-0.15, -0.1) is 0 Å². The van der Waals surface area contributed by atoms with Gasteiger partial charge in [0.1, 0.15) is 5.82 Å². The van der Waals surface area contributed by atoms with E-state index in [-0.39, 0.29) is 24.5 Å². The molecule has 0 aliphatic rings. The van der Waals surface area contributed by atoms with Gasteiger partial charge in [0.25, 0.3) is 0 Å². The minimum atomic E-state index is -0.832. The van der Waals surface area contributed by atoms with Crippen molar-refractivity contribution in [3.8, 4) is 0 Å². The molecular weight excluding hydrogens is 345 g/mol. The number of hydrogen-bond acceptors (Lipinski definition) is 5. The van der Waals surface area contributed by atoms with Crippen LogP contribution < -0.4 is 5.32 Å². The summed E-state index contributed by atoms with van der Waals surface area (Å²) in [5.74, 6) is -2.20. The highest BCUT2D eigenvalue weighted by Gasteiger charge is 2.21. The Labute approximate surface area is 130 Å². The van der Waals surface area contributed by atoms with E-state index in [0.29, 0.717) is 4.47 Å². The quantitative estimate of drug-likeness (QED) is 0.366. The van der Waals surface area contributed by atoms with Gasteiger partial charge < -0.3 is 14.8 Å². The summed E-state index contributed by atoms with van der Waals surface area (Å²) < 4.78 is 23.7. The number of ether oxygens (including phenoxy) is 2. The van der Waals surface area contributed by atoms with Crippen LogP contribution in [-0.4, -0.2) is 25.2 Å². The van der Waals surface area contributed by atoms with Gasteiger partial charge in [0, 0.05) is 10.7 Å². The Morgan fingerprint density at radius 3 is 2.29 bits per heavy atom. The number of carbonyl (C=O) groups is 2. The molecule has 0 aliphatic heterocycles. The maximum absolute atomic E-state index is 13.6. The number of anilines is 1. The van der Waals surface area contributed by atoms with E-state index in [2.05, 4.69) is 21.2 Å². The molecule has 0 atom stereocenters. The molecule has 21 heavy (non-hydrogen) atoms. The summed E-state index contributed by atoms with van der Waals surface area (Å²) in [6, 6.07) is 4.34. The van der Waals surface area contributed by atoms with Crippen molar-refractivity contribution in [1.82, 2.24) is 0 Å². The summed E-state index contributed by atoms with van der Waals surface area (Å²) in [4.78, 5) is 23.4. The number of halogens is 2. The second-order valence-corrected chi connectivity index (χ2v) is 4.68. The molecule has 1 aromatic rings. The van der Waals surface area contributed by atoms with Gasteiger partial charge in [0.15, 0.2) is 5.57 Å². The average Bonchev–Trinajstić information content (AvgIpc) is 2.41. The largest absolute Gasteiger partial charge is 0.462 e. The van der Waals surface area contributed by atoms with Crippen LogP contribution in [0.3, 0.4) is 0 Å². The summed E-state index contributed by atoms with van der Waals surface area (Å²) in [5.41, 5.74) is -0.217. The van der Waals surface area contributed by atoms with Crippen LogP contribution in [0.1, 0.15) is 13.8 Å². The summed E-state index contributed by atoms with van der Waals surface area (Å²) in [6.45, 7) is 3.45. The van der Waals surface area contributed by atoms with Crippen molar-refractivity contribution >= 4 is 33.6 Å². The monoisotopic (exact) mass is 359 g/mol. The van der Waals surface area contributed by atoms with Crippen LogP contribution in [0, 0.1) is 5.82 Å². The summed E-state index contributed by atoms with van der Waals surface area (Å²) in [5, 5.41) is 2.56. The molecule has 0 unspecified atom stereocenters. The van der Waals surface area contributed by atoms with Gasteiger partial charge in [-0.3, -0.25) is 0 Å². The van der Waals surface area contributed by atoms with Crippen LogP contribution in [0.15, 0.2) is 34.4 Å². The molecule has 5 nitrogen and oxygen atoms in total. The van der Waals surface area contributed by atoms with Crippen molar-refractivity contribution in [3.05, 3.63) is 40.3 Å². The van der Waals surface area contributed by atoms with E-state index in [0.717, 1.165) is 6.20 Å². The fraction of sp³-hybridized carbons (Fsp3) is 0.286. The zero-order valence-electron chi connectivity index (χ0n) is 11.6. The summed E-state index contributed by atoms with van der Waals surface area (Å²) >= 11 is 3.13. The van der Waals surface area contributed by atoms with E-state index < -0.39 is 17.8 Å². The average molecular weight is 360 g/mol. The minimum Gasteiger partial charge on any atom is -0.462 e. The molecule has 0 aliphatic carbocycles. The Balaban J connectivity index is 2.96. The van der Waals surface area contributed by atoms with Crippen molar-refractivity contribution in [2.75, 3.05) is 18.5 Å². The first-order valence-corrected chi connectivity index (χ1v) is 7.04. The van der Waals surface area contributed by atoms with Crippen LogP contribution in [-0.2, 0) is 19.1 Å². The molecule has 1 N–H and O–H groups in total. The topological polar surface area (TPSA) is 64.6 Å². The van der Waals surface area contributed by atoms with Gasteiger partial charge >= 0.3 is 11.9 Å². The van der Waals surface area contributed by atoms with E-state index in [9.17, 15) is 14.0 Å². The lowest BCUT2D eigenvalue weighted by atomic mass is 10.2. The molecule has 0 saturated heterocycles. The second kappa shape index (κ2) is 8.41. The van der Waals surface area contributed by atoms with Gasteiger partial charge in [0.05, 0.1) is 18.9 Å². The Bertz CT molecular complexity index is 540. The van der Waals surface area contributed by atoms with Gasteiger partial charge in [0.2, 0.25) is 0 Å². The number of rotatable bonds is 6. The molecule has 0 amide bonds. The van der Waals surface area contributed by atoms with Crippen molar-refractivity contribution in [1.29, 1.82) is 0 Å². The van der Waals surface area contributed by atoms with Gasteiger partial charge in [-0.25, -0.2) is 14.0 Å². The van der Waals surface area contributed by atoms with Gasteiger partial charge in [-0.2, -0.15) is 0 Å². The highest BCUT2D eigenvalue weighted by molar-refractivity contribution is 9.10. The molecule has 1 rings (SSSR count). The van der Waals surface area contributed by atoms with E-state index in [4.69, 9.17) is 9.47 Å². The van der Waals surface area contributed by atoms with Crippen molar-refractivity contribution in [2.24, 2.45) is 0 Å². The molecule has 114 valence electrons. The second-order valence-electron chi connectivity index (χ2n) is 3.77. The summed E-state index contributed by atoms with van der Waals surface area (Å²) in [7, 11) is 0. The van der Waals surface area contributed by atoms with Crippen molar-refractivity contribution in [2.45, 2.75) is 13.8 Å². The fourth-order valence-electron chi connectivity index (χ4n) is 1.38. The van der Waals surface area contributed by atoms with E-state index in [1.807, 2.05) is 0 Å². The predicted octanol–water partition coefficient (Wildman–Crippen LogP) is 3.01. The van der Waals surface area contributed by atoms with Gasteiger partial charge in [-0.05, 0) is 32.0 Å². The van der Waals surface area contributed by atoms with E-state index in [1.165, 1.54) is 12.1 Å². The maximum Gasteiger partial charge on any atom is 0.347 e. The van der Waals surface area contributed by atoms with Crippen molar-refractivity contribution < 1.29 is 23.5 Å². The molecule has 0 spiro atoms. The summed E-state index contributed by atoms with van der Waals surface area (Å²) in [6.07, 6.45) is 1.07. The van der Waals surface area contributed by atoms with Crippen LogP contribution in [0.25, 0.3) is 0 Å². The molecule has 7 heteroatoms. The van der Waals surface area contributed by atoms with E-state index >= 15 is 0 Å². The predicted molar refractivity (Wildman–Crippen MR) is 79.1 cm³/mol. The molecule has 1 aromatic carbocycles. The first kappa shape index (κ1) is 17.2. The lowest BCUT2D eigenvalue weighted by Crippen LogP contribution is -2.19. The van der Waals surface area contributed by atoms with Crippen LogP contribution in [0.2, 0.25) is 0 Å². The zero-order chi connectivity index (χ0) is 15.8. The molecular formula is C14H15BrFNO4. The van der Waals surface area contributed by atoms with E-state index in [1.54, 1.807) is 19.9 Å². The lowest BCUT2D eigenvalue weighted by Gasteiger charge is -2.08. The standard InChI is InChI=1S/C14H15BrFNO4/c1-3-20-13(18)10(14(19)21-4-2)8-17-12-6-5-9(15)7-11(12)16/h5-8,17H,3-4H2,1-2H3. The SMILES string of the molecule is CCOC(=O)C(=CNc1ccc(Br)cc1F)C(=O)OCC. The maximum atomic E-state index is 13.6. The molecule has 0 bridgehead atoms. The number of esters is 2. The highest BCUT2D eigenvalue weighted by atomic mass is 79.9. The smallest absolute Gasteiger partial charge is 0.347 e. The number of hydrogen-bond donors (Lipinski definition) is 1. The highest BCUT2D eigenvalue weighted by Crippen LogP contribution is 2.19. The first-order valence-electron chi connectivity index (χ1n) is 6.25. The Morgan fingerprint density at radius 2 is 1.81 bits per heavy atom. The van der Waals surface area contributed by atoms with Crippen LogP contribution in [0.5, 0.6) is 0 Å². The Hall–Kier alpha value is -1.89. The molecule has 0 aromatic heterocycles. The Morgan fingerprint density at radius 1 is 1.24 bits per heavy atom. The molecule has 0 radical (unpaired) electrons. The lowest BCUT2D eigenvalue weighted by molar-refractivity contribution is -0.146. The third kappa shape index (κ3) is 5.18. The number of benzene rings is 1. The first-order chi connectivity index (χ1) is 9.99. The van der Waals surface area contributed by atoms with Crippen LogP contribution in [0.4, 0.5) is 10.1 Å². The van der Waals surface area contributed by atoms with Crippen molar-refractivity contribution in [3.63, 3.8) is 0 Å². The number of carbonyl (C=O) groups excluding carboxylic acids is 2. The normalized spacial score (nSPS) is 9.71.